The third-order valence-corrected chi connectivity index (χ3v) is 2.16. The van der Waals surface area contributed by atoms with Crippen LogP contribution in [-0.4, -0.2) is 31.0 Å². The molecule has 0 aliphatic carbocycles. The van der Waals surface area contributed by atoms with E-state index in [0.717, 1.165) is 12.1 Å². The smallest absolute Gasteiger partial charge is 0.397 e. The van der Waals surface area contributed by atoms with Gasteiger partial charge < -0.3 is 15.7 Å². The number of nitrogens with zero attached hydrogens (tertiary/aromatic N) is 1. The van der Waals surface area contributed by atoms with E-state index in [2.05, 4.69) is 0 Å². The van der Waals surface area contributed by atoms with Crippen LogP contribution in [0.25, 0.3) is 0 Å². The summed E-state index contributed by atoms with van der Waals surface area (Å²) >= 11 is 0. The van der Waals surface area contributed by atoms with E-state index in [0.29, 0.717) is 4.90 Å². The number of nitrogens with two attached hydrogens (primary N) is 1. The summed E-state index contributed by atoms with van der Waals surface area (Å²) in [5.74, 6) is -2.77. The number of hydrogen-bond acceptors (Lipinski definition) is 3. The Morgan fingerprint density at radius 1 is 1.22 bits per heavy atom. The second-order valence-electron chi connectivity index (χ2n) is 3.56. The van der Waals surface area contributed by atoms with Crippen LogP contribution in [0.1, 0.15) is 0 Å². The van der Waals surface area contributed by atoms with Gasteiger partial charge in [-0.3, -0.25) is 0 Å². The molecular weight excluding hydrogens is 259 g/mol. The van der Waals surface area contributed by atoms with E-state index in [1.54, 1.807) is 0 Å². The number of halogens is 5. The molecule has 0 saturated heterocycles. The van der Waals surface area contributed by atoms with Crippen molar-refractivity contribution >= 4 is 11.4 Å². The number of alkyl halides is 3. The molecule has 0 fully saturated rings. The Morgan fingerprint density at radius 3 is 2.33 bits per heavy atom. The molecule has 1 rings (SSSR count). The maximum absolute atomic E-state index is 13.5. The molecule has 0 aliphatic heterocycles. The number of anilines is 2. The molecule has 8 heteroatoms. The van der Waals surface area contributed by atoms with E-state index in [4.69, 9.17) is 10.8 Å². The molecule has 3 nitrogen and oxygen atoms in total. The number of hydrogen-bond donors (Lipinski definition) is 2. The number of aliphatic hydroxyl groups excluding tert-OH is 1. The van der Waals surface area contributed by atoms with Crippen molar-refractivity contribution in [1.29, 1.82) is 0 Å². The average molecular weight is 270 g/mol. The highest BCUT2D eigenvalue weighted by molar-refractivity contribution is 5.68. The molecule has 0 bridgehead atoms. The first-order valence-electron chi connectivity index (χ1n) is 4.92. The zero-order valence-electron chi connectivity index (χ0n) is 9.14. The quantitative estimate of drug-likeness (QED) is 0.649. The topological polar surface area (TPSA) is 49.5 Å². The van der Waals surface area contributed by atoms with Gasteiger partial charge in [-0.25, -0.2) is 8.78 Å². The summed E-state index contributed by atoms with van der Waals surface area (Å²) in [6.07, 6.45) is -4.62. The molecule has 3 N–H and O–H groups in total. The van der Waals surface area contributed by atoms with Crippen molar-refractivity contribution in [3.05, 3.63) is 23.8 Å². The number of aliphatic hydroxyl groups is 1. The highest BCUT2D eigenvalue weighted by Gasteiger charge is 2.32. The third kappa shape index (κ3) is 3.46. The number of rotatable bonds is 4. The largest absolute Gasteiger partial charge is 0.405 e. The molecule has 1 aromatic rings. The van der Waals surface area contributed by atoms with Gasteiger partial charge in [0.1, 0.15) is 6.54 Å². The second kappa shape index (κ2) is 5.38. The summed E-state index contributed by atoms with van der Waals surface area (Å²) in [6, 6.07) is 1.69. The van der Waals surface area contributed by atoms with E-state index in [9.17, 15) is 22.0 Å². The minimum Gasteiger partial charge on any atom is -0.397 e. The van der Waals surface area contributed by atoms with Gasteiger partial charge in [-0.05, 0) is 12.1 Å². The summed E-state index contributed by atoms with van der Waals surface area (Å²) in [7, 11) is 0. The maximum Gasteiger partial charge on any atom is 0.405 e. The number of nitrogen functional groups attached to an aromatic ring is 1. The molecule has 18 heavy (non-hydrogen) atoms. The lowest BCUT2D eigenvalue weighted by Crippen LogP contribution is -2.37. The van der Waals surface area contributed by atoms with Crippen molar-refractivity contribution in [3.63, 3.8) is 0 Å². The van der Waals surface area contributed by atoms with Crippen LogP contribution in [0.2, 0.25) is 0 Å². The SMILES string of the molecule is Nc1ccc(F)c(F)c1N(CCO)CC(F)(F)F. The van der Waals surface area contributed by atoms with Gasteiger partial charge in [-0.15, -0.1) is 0 Å². The van der Waals surface area contributed by atoms with Crippen LogP contribution < -0.4 is 10.6 Å². The molecule has 0 radical (unpaired) electrons. The van der Waals surface area contributed by atoms with Gasteiger partial charge in [-0.1, -0.05) is 0 Å². The second-order valence-corrected chi connectivity index (χ2v) is 3.56. The summed E-state index contributed by atoms with van der Waals surface area (Å²) in [6.45, 7) is -2.69. The van der Waals surface area contributed by atoms with Crippen molar-refractivity contribution in [3.8, 4) is 0 Å². The number of benzene rings is 1. The standard InChI is InChI=1S/C10H11F5N2O/c11-6-1-2-7(16)9(8(6)12)17(3-4-18)5-10(13,14)15/h1-2,18H,3-5,16H2. The van der Waals surface area contributed by atoms with E-state index in [-0.39, 0.29) is 5.69 Å². The third-order valence-electron chi connectivity index (χ3n) is 2.16. The van der Waals surface area contributed by atoms with Crippen LogP contribution in [-0.2, 0) is 0 Å². The van der Waals surface area contributed by atoms with Crippen LogP contribution in [0.4, 0.5) is 33.3 Å². The first kappa shape index (κ1) is 14.5. The molecule has 0 amide bonds. The normalized spacial score (nSPS) is 11.7. The van der Waals surface area contributed by atoms with Crippen molar-refractivity contribution in [2.75, 3.05) is 30.3 Å². The lowest BCUT2D eigenvalue weighted by molar-refractivity contribution is -0.119. The summed E-state index contributed by atoms with van der Waals surface area (Å²) < 4.78 is 63.4. The van der Waals surface area contributed by atoms with E-state index < -0.39 is 43.2 Å². The molecular formula is C10H11F5N2O. The Balaban J connectivity index is 3.17. The van der Waals surface area contributed by atoms with Crippen LogP contribution in [0, 0.1) is 11.6 Å². The highest BCUT2D eigenvalue weighted by atomic mass is 19.4. The lowest BCUT2D eigenvalue weighted by Gasteiger charge is -2.26. The van der Waals surface area contributed by atoms with Gasteiger partial charge >= 0.3 is 6.18 Å². The van der Waals surface area contributed by atoms with Gasteiger partial charge in [0.05, 0.1) is 18.0 Å². The fourth-order valence-corrected chi connectivity index (χ4v) is 1.48. The fraction of sp³-hybridized carbons (Fsp3) is 0.400. The molecule has 0 aliphatic rings. The molecule has 102 valence electrons. The zero-order valence-corrected chi connectivity index (χ0v) is 9.14. The molecule has 0 heterocycles. The summed E-state index contributed by atoms with van der Waals surface area (Å²) in [5.41, 5.74) is 4.32. The Morgan fingerprint density at radius 2 is 1.83 bits per heavy atom. The van der Waals surface area contributed by atoms with E-state index in [1.165, 1.54) is 0 Å². The molecule has 1 aromatic carbocycles. The first-order chi connectivity index (χ1) is 8.26. The van der Waals surface area contributed by atoms with Crippen LogP contribution >= 0.6 is 0 Å². The van der Waals surface area contributed by atoms with Crippen LogP contribution in [0.15, 0.2) is 12.1 Å². The molecule has 0 atom stereocenters. The van der Waals surface area contributed by atoms with Crippen molar-refractivity contribution in [1.82, 2.24) is 0 Å². The van der Waals surface area contributed by atoms with E-state index in [1.807, 2.05) is 0 Å². The molecule has 0 saturated carbocycles. The predicted molar refractivity (Wildman–Crippen MR) is 56.1 cm³/mol. The van der Waals surface area contributed by atoms with Gasteiger partial charge in [0.2, 0.25) is 0 Å². The Labute approximate surface area is 99.6 Å². The van der Waals surface area contributed by atoms with Crippen molar-refractivity contribution in [2.45, 2.75) is 6.18 Å². The fourth-order valence-electron chi connectivity index (χ4n) is 1.48. The zero-order chi connectivity index (χ0) is 13.9. The van der Waals surface area contributed by atoms with Crippen LogP contribution in [0.3, 0.4) is 0 Å². The molecule has 0 unspecified atom stereocenters. The van der Waals surface area contributed by atoms with Crippen molar-refractivity contribution in [2.24, 2.45) is 0 Å². The Hall–Kier alpha value is -1.57. The molecule has 0 aromatic heterocycles. The lowest BCUT2D eigenvalue weighted by atomic mass is 10.2. The first-order valence-corrected chi connectivity index (χ1v) is 4.92. The van der Waals surface area contributed by atoms with Gasteiger partial charge in [-0.2, -0.15) is 13.2 Å². The average Bonchev–Trinajstić information content (AvgIpc) is 2.22. The minimum absolute atomic E-state index is 0.327. The van der Waals surface area contributed by atoms with E-state index >= 15 is 0 Å². The Bertz CT molecular complexity index is 421. The minimum atomic E-state index is -4.62. The van der Waals surface area contributed by atoms with Gasteiger partial charge in [0.15, 0.2) is 11.6 Å². The highest BCUT2D eigenvalue weighted by Crippen LogP contribution is 2.31. The predicted octanol–water partition coefficient (Wildman–Crippen LogP) is 1.91. The van der Waals surface area contributed by atoms with Gasteiger partial charge in [0.25, 0.3) is 0 Å². The summed E-state index contributed by atoms with van der Waals surface area (Å²) in [5, 5.41) is 8.68. The van der Waals surface area contributed by atoms with Crippen LogP contribution in [0.5, 0.6) is 0 Å². The molecule has 0 spiro atoms. The monoisotopic (exact) mass is 270 g/mol. The summed E-state index contributed by atoms with van der Waals surface area (Å²) in [4.78, 5) is 0.452. The Kier molecular flexibility index (Phi) is 4.33. The van der Waals surface area contributed by atoms with Gasteiger partial charge in [0, 0.05) is 6.54 Å². The maximum atomic E-state index is 13.5. The van der Waals surface area contributed by atoms with Crippen molar-refractivity contribution < 1.29 is 27.1 Å².